The maximum Gasteiger partial charge on any atom is 0.269 e. The van der Waals surface area contributed by atoms with Crippen LogP contribution in [0.5, 0.6) is 0 Å². The van der Waals surface area contributed by atoms with Gasteiger partial charge in [0, 0.05) is 25.2 Å². The Morgan fingerprint density at radius 3 is 2.37 bits per heavy atom. The highest BCUT2D eigenvalue weighted by Crippen LogP contribution is 2.31. The summed E-state index contributed by atoms with van der Waals surface area (Å²) in [6, 6.07) is 20.2. The number of non-ortho nitro benzene ring substituents is 1. The quantitative estimate of drug-likeness (QED) is 0.183. The number of aryl methyl sites for hydroxylation is 2. The Morgan fingerprint density at radius 2 is 1.69 bits per heavy atom. The standard InChI is InChI=1S/C26H26N6O3/c1-18-6-5-7-19(2)24(18)27-26(31-23-9-4-3-8-22(23)28-29-31)25(30-14-16-35-17-15-30)20-10-12-21(13-11-20)32(33)34/h3-13,25H,14-17H2,1-2H3. The number of hydrogen-bond acceptors (Lipinski definition) is 7. The van der Waals surface area contributed by atoms with Gasteiger partial charge < -0.3 is 4.74 Å². The summed E-state index contributed by atoms with van der Waals surface area (Å²) in [6.07, 6.45) is 0. The fourth-order valence-corrected chi connectivity index (χ4v) is 4.50. The zero-order valence-electron chi connectivity index (χ0n) is 19.7. The molecule has 0 spiro atoms. The van der Waals surface area contributed by atoms with E-state index in [1.165, 1.54) is 0 Å². The molecule has 0 radical (unpaired) electrons. The van der Waals surface area contributed by atoms with Crippen molar-refractivity contribution in [2.45, 2.75) is 19.9 Å². The first-order chi connectivity index (χ1) is 17.0. The lowest BCUT2D eigenvalue weighted by molar-refractivity contribution is -0.384. The van der Waals surface area contributed by atoms with Crippen molar-refractivity contribution in [3.05, 3.63) is 93.5 Å². The zero-order valence-corrected chi connectivity index (χ0v) is 19.7. The van der Waals surface area contributed by atoms with Crippen LogP contribution >= 0.6 is 0 Å². The number of aromatic nitrogens is 3. The van der Waals surface area contributed by atoms with Gasteiger partial charge in [-0.1, -0.05) is 47.7 Å². The molecule has 1 fully saturated rings. The van der Waals surface area contributed by atoms with Gasteiger partial charge >= 0.3 is 0 Å². The second-order valence-corrected chi connectivity index (χ2v) is 8.60. The molecule has 0 N–H and O–H groups in total. The van der Waals surface area contributed by atoms with Gasteiger partial charge in [0.05, 0.1) is 35.4 Å². The molecule has 1 saturated heterocycles. The first kappa shape index (κ1) is 22.8. The number of ether oxygens (including phenoxy) is 1. The minimum absolute atomic E-state index is 0.0499. The van der Waals surface area contributed by atoms with Crippen LogP contribution in [0.3, 0.4) is 0 Å². The molecule has 1 aliphatic heterocycles. The van der Waals surface area contributed by atoms with Crippen molar-refractivity contribution in [3.63, 3.8) is 0 Å². The summed E-state index contributed by atoms with van der Waals surface area (Å²) in [5.74, 6) is 0.687. The molecule has 4 aromatic rings. The van der Waals surface area contributed by atoms with Crippen LogP contribution in [0.25, 0.3) is 11.0 Å². The molecule has 1 aliphatic rings. The molecule has 2 heterocycles. The van der Waals surface area contributed by atoms with Gasteiger partial charge in [-0.05, 0) is 42.7 Å². The van der Waals surface area contributed by atoms with Gasteiger partial charge in [0.2, 0.25) is 0 Å². The predicted octanol–water partition coefficient (Wildman–Crippen LogP) is 4.61. The molecule has 3 aromatic carbocycles. The molecular weight excluding hydrogens is 444 g/mol. The van der Waals surface area contributed by atoms with E-state index in [2.05, 4.69) is 15.2 Å². The topological polar surface area (TPSA) is 98.7 Å². The molecule has 0 saturated carbocycles. The monoisotopic (exact) mass is 470 g/mol. The maximum absolute atomic E-state index is 11.3. The highest BCUT2D eigenvalue weighted by molar-refractivity contribution is 5.98. The van der Waals surface area contributed by atoms with Crippen molar-refractivity contribution < 1.29 is 9.66 Å². The lowest BCUT2D eigenvalue weighted by Gasteiger charge is -2.35. The number of nitro benzene ring substituents is 1. The molecule has 9 heteroatoms. The number of para-hydroxylation sites is 2. The SMILES string of the molecule is Cc1cccc(C)c1N=C(C(c1ccc([N+](=O)[O-])cc1)N1CCOCC1)n1nnc2ccccc21. The average molecular weight is 471 g/mol. The van der Waals surface area contributed by atoms with Crippen LogP contribution in [0.4, 0.5) is 11.4 Å². The van der Waals surface area contributed by atoms with Gasteiger partial charge in [0.15, 0.2) is 5.84 Å². The summed E-state index contributed by atoms with van der Waals surface area (Å²) < 4.78 is 7.42. The van der Waals surface area contributed by atoms with Gasteiger partial charge in [-0.25, -0.2) is 4.99 Å². The Bertz CT molecular complexity index is 1370. The van der Waals surface area contributed by atoms with Crippen molar-refractivity contribution in [2.24, 2.45) is 4.99 Å². The van der Waals surface area contributed by atoms with E-state index in [1.54, 1.807) is 28.9 Å². The van der Waals surface area contributed by atoms with Gasteiger partial charge in [-0.2, -0.15) is 4.68 Å². The molecule has 1 atom stereocenters. The molecular formula is C26H26N6O3. The average Bonchev–Trinajstić information content (AvgIpc) is 3.30. The van der Waals surface area contributed by atoms with E-state index in [1.807, 2.05) is 56.3 Å². The van der Waals surface area contributed by atoms with Crippen LogP contribution in [0.1, 0.15) is 22.7 Å². The fraction of sp³-hybridized carbons (Fsp3) is 0.269. The van der Waals surface area contributed by atoms with E-state index < -0.39 is 0 Å². The summed E-state index contributed by atoms with van der Waals surface area (Å²) in [4.78, 5) is 18.4. The molecule has 1 unspecified atom stereocenters. The van der Waals surface area contributed by atoms with Gasteiger partial charge in [-0.3, -0.25) is 15.0 Å². The van der Waals surface area contributed by atoms with E-state index >= 15 is 0 Å². The fourth-order valence-electron chi connectivity index (χ4n) is 4.50. The molecule has 0 aliphatic carbocycles. The number of nitro groups is 1. The zero-order chi connectivity index (χ0) is 24.4. The number of rotatable bonds is 5. The number of nitrogens with zero attached hydrogens (tertiary/aromatic N) is 6. The highest BCUT2D eigenvalue weighted by atomic mass is 16.6. The third-order valence-corrected chi connectivity index (χ3v) is 6.31. The highest BCUT2D eigenvalue weighted by Gasteiger charge is 2.31. The third kappa shape index (κ3) is 4.55. The van der Waals surface area contributed by atoms with E-state index in [-0.39, 0.29) is 16.7 Å². The summed E-state index contributed by atoms with van der Waals surface area (Å²) in [7, 11) is 0. The largest absolute Gasteiger partial charge is 0.379 e. The lowest BCUT2D eigenvalue weighted by atomic mass is 10.0. The van der Waals surface area contributed by atoms with Crippen molar-refractivity contribution in [1.29, 1.82) is 0 Å². The minimum Gasteiger partial charge on any atom is -0.379 e. The molecule has 9 nitrogen and oxygen atoms in total. The van der Waals surface area contributed by atoms with E-state index in [4.69, 9.17) is 9.73 Å². The summed E-state index contributed by atoms with van der Waals surface area (Å²) in [5.41, 5.74) is 5.54. The summed E-state index contributed by atoms with van der Waals surface area (Å²) in [6.45, 7) is 6.66. The minimum atomic E-state index is -0.385. The van der Waals surface area contributed by atoms with Gasteiger partial charge in [0.1, 0.15) is 5.52 Å². The second-order valence-electron chi connectivity index (χ2n) is 8.60. The molecule has 1 aromatic heterocycles. The predicted molar refractivity (Wildman–Crippen MR) is 134 cm³/mol. The van der Waals surface area contributed by atoms with Gasteiger partial charge in [0.25, 0.3) is 5.69 Å². The van der Waals surface area contributed by atoms with Crippen LogP contribution < -0.4 is 0 Å². The van der Waals surface area contributed by atoms with Crippen LogP contribution in [0.15, 0.2) is 71.7 Å². The first-order valence-corrected chi connectivity index (χ1v) is 11.5. The van der Waals surface area contributed by atoms with Crippen molar-refractivity contribution in [3.8, 4) is 0 Å². The Labute approximate surface area is 202 Å². The Kier molecular flexibility index (Phi) is 6.35. The summed E-state index contributed by atoms with van der Waals surface area (Å²) in [5, 5.41) is 20.2. The van der Waals surface area contributed by atoms with Crippen LogP contribution in [0.2, 0.25) is 0 Å². The van der Waals surface area contributed by atoms with Crippen molar-refractivity contribution >= 4 is 28.2 Å². The Balaban J connectivity index is 1.75. The molecule has 0 bridgehead atoms. The maximum atomic E-state index is 11.3. The summed E-state index contributed by atoms with van der Waals surface area (Å²) >= 11 is 0. The molecule has 178 valence electrons. The lowest BCUT2D eigenvalue weighted by Crippen LogP contribution is -2.44. The number of benzene rings is 3. The smallest absolute Gasteiger partial charge is 0.269 e. The van der Waals surface area contributed by atoms with E-state index in [0.717, 1.165) is 33.4 Å². The Morgan fingerprint density at radius 1 is 1.00 bits per heavy atom. The van der Waals surface area contributed by atoms with Crippen LogP contribution in [-0.4, -0.2) is 57.0 Å². The van der Waals surface area contributed by atoms with Crippen LogP contribution in [0, 0.1) is 24.0 Å². The molecule has 35 heavy (non-hydrogen) atoms. The third-order valence-electron chi connectivity index (χ3n) is 6.31. The van der Waals surface area contributed by atoms with Gasteiger partial charge in [-0.15, -0.1) is 5.10 Å². The van der Waals surface area contributed by atoms with E-state index in [0.29, 0.717) is 32.1 Å². The normalized spacial score (nSPS) is 15.9. The van der Waals surface area contributed by atoms with Crippen molar-refractivity contribution in [2.75, 3.05) is 26.3 Å². The van der Waals surface area contributed by atoms with Crippen LogP contribution in [-0.2, 0) is 4.74 Å². The second kappa shape index (κ2) is 9.73. The Hall–Kier alpha value is -3.95. The number of hydrogen-bond donors (Lipinski definition) is 0. The number of morpholine rings is 1. The molecule has 0 amide bonds. The van der Waals surface area contributed by atoms with E-state index in [9.17, 15) is 10.1 Å². The number of fused-ring (bicyclic) bond motifs is 1. The molecule has 5 rings (SSSR count). The first-order valence-electron chi connectivity index (χ1n) is 11.5. The van der Waals surface area contributed by atoms with Crippen molar-refractivity contribution in [1.82, 2.24) is 19.9 Å². The number of aliphatic imine (C=N–C) groups is 1.